The van der Waals surface area contributed by atoms with Crippen LogP contribution < -0.4 is 4.74 Å². The van der Waals surface area contributed by atoms with E-state index in [9.17, 15) is 4.79 Å². The maximum Gasteiger partial charge on any atom is 0.335 e. The number of ether oxygens (including phenoxy) is 1. The Kier molecular flexibility index (Phi) is 6.09. The van der Waals surface area contributed by atoms with Crippen molar-refractivity contribution in [1.82, 2.24) is 0 Å². The van der Waals surface area contributed by atoms with Gasteiger partial charge < -0.3 is 9.84 Å². The molecule has 1 aliphatic heterocycles. The Balaban J connectivity index is 0.000000924. The van der Waals surface area contributed by atoms with Gasteiger partial charge in [0.1, 0.15) is 11.4 Å². The van der Waals surface area contributed by atoms with Crippen LogP contribution in [0.15, 0.2) is 18.2 Å². The van der Waals surface area contributed by atoms with Crippen LogP contribution in [0.25, 0.3) is 0 Å². The van der Waals surface area contributed by atoms with Gasteiger partial charge >= 0.3 is 5.97 Å². The Morgan fingerprint density at radius 1 is 1.26 bits per heavy atom. The van der Waals surface area contributed by atoms with Crippen molar-refractivity contribution in [1.29, 1.82) is 0 Å². The Labute approximate surface area is 140 Å². The molecule has 1 heterocycles. The number of benzene rings is 1. The first-order valence-electron chi connectivity index (χ1n) is 9.11. The molecule has 0 aromatic heterocycles. The highest BCUT2D eigenvalue weighted by Crippen LogP contribution is 2.40. The zero-order valence-corrected chi connectivity index (χ0v) is 14.7. The largest absolute Gasteiger partial charge is 0.487 e. The molecule has 3 heteroatoms. The van der Waals surface area contributed by atoms with Gasteiger partial charge in [0, 0.05) is 0 Å². The van der Waals surface area contributed by atoms with E-state index in [0.717, 1.165) is 36.5 Å². The van der Waals surface area contributed by atoms with Gasteiger partial charge in [-0.3, -0.25) is 0 Å². The number of aryl methyl sites for hydroxylation is 1. The molecular weight excluding hydrogens is 288 g/mol. The summed E-state index contributed by atoms with van der Waals surface area (Å²) in [4.78, 5) is 11.0. The van der Waals surface area contributed by atoms with E-state index < -0.39 is 5.97 Å². The molecule has 1 aromatic rings. The van der Waals surface area contributed by atoms with Gasteiger partial charge in [0.15, 0.2) is 0 Å². The smallest absolute Gasteiger partial charge is 0.335 e. The minimum absolute atomic E-state index is 0.0836. The lowest BCUT2D eigenvalue weighted by atomic mass is 9.78. The highest BCUT2D eigenvalue weighted by molar-refractivity contribution is 5.88. The molecule has 0 saturated heterocycles. The zero-order chi connectivity index (χ0) is 16.9. The van der Waals surface area contributed by atoms with E-state index in [1.165, 1.54) is 32.1 Å². The van der Waals surface area contributed by atoms with Crippen molar-refractivity contribution in [2.24, 2.45) is 5.92 Å². The SMILES string of the molecule is CC.CC1(CC2CCCCC2)CCc2cc(C(=O)O)ccc2O1. The van der Waals surface area contributed by atoms with E-state index in [1.807, 2.05) is 19.9 Å². The number of carboxylic acids is 1. The summed E-state index contributed by atoms with van der Waals surface area (Å²) in [6.07, 6.45) is 9.81. The van der Waals surface area contributed by atoms with Crippen LogP contribution in [0.2, 0.25) is 0 Å². The van der Waals surface area contributed by atoms with Crippen molar-refractivity contribution in [2.75, 3.05) is 0 Å². The minimum atomic E-state index is -0.867. The maximum atomic E-state index is 11.0. The maximum absolute atomic E-state index is 11.0. The average molecular weight is 318 g/mol. The van der Waals surface area contributed by atoms with Crippen LogP contribution in [0.4, 0.5) is 0 Å². The van der Waals surface area contributed by atoms with Gasteiger partial charge in [-0.25, -0.2) is 4.79 Å². The summed E-state index contributed by atoms with van der Waals surface area (Å²) in [5.41, 5.74) is 1.31. The highest BCUT2D eigenvalue weighted by atomic mass is 16.5. The van der Waals surface area contributed by atoms with Crippen LogP contribution in [0.3, 0.4) is 0 Å². The standard InChI is InChI=1S/C18H24O3.C2H6/c1-18(12-13-5-3-2-4-6-13)10-9-14-11-15(17(19)20)7-8-16(14)21-18;1-2/h7-8,11,13H,2-6,9-10,12H2,1H3,(H,19,20);1-2H3. The van der Waals surface area contributed by atoms with E-state index in [1.54, 1.807) is 12.1 Å². The summed E-state index contributed by atoms with van der Waals surface area (Å²) in [5.74, 6) is 0.807. The lowest BCUT2D eigenvalue weighted by molar-refractivity contribution is 0.0333. The van der Waals surface area contributed by atoms with Gasteiger partial charge in [0.25, 0.3) is 0 Å². The molecule has 1 N–H and O–H groups in total. The van der Waals surface area contributed by atoms with E-state index >= 15 is 0 Å². The average Bonchev–Trinajstić information content (AvgIpc) is 2.56. The first kappa shape index (κ1) is 17.8. The van der Waals surface area contributed by atoms with Crippen LogP contribution in [0.5, 0.6) is 5.75 Å². The third kappa shape index (κ3) is 4.49. The monoisotopic (exact) mass is 318 g/mol. The molecule has 1 aromatic carbocycles. The number of hydrogen-bond acceptors (Lipinski definition) is 2. The van der Waals surface area contributed by atoms with Gasteiger partial charge in [-0.1, -0.05) is 46.0 Å². The van der Waals surface area contributed by atoms with Crippen molar-refractivity contribution >= 4 is 5.97 Å². The van der Waals surface area contributed by atoms with Gasteiger partial charge in [0.05, 0.1) is 5.56 Å². The van der Waals surface area contributed by atoms with Gasteiger partial charge in [-0.05, 0) is 55.9 Å². The van der Waals surface area contributed by atoms with Crippen LogP contribution in [0, 0.1) is 5.92 Å². The number of hydrogen-bond donors (Lipinski definition) is 1. The number of rotatable bonds is 3. The molecule has 3 rings (SSSR count). The Bertz CT molecular complexity index is 532. The highest BCUT2D eigenvalue weighted by Gasteiger charge is 2.34. The number of carbonyl (C=O) groups is 1. The first-order valence-corrected chi connectivity index (χ1v) is 9.11. The molecule has 0 radical (unpaired) electrons. The third-order valence-corrected chi connectivity index (χ3v) is 5.03. The molecule has 1 unspecified atom stereocenters. The molecular formula is C20H30O3. The normalized spacial score (nSPS) is 24.0. The second-order valence-electron chi connectivity index (χ2n) is 6.89. The number of carboxylic acid groups (broad SMARTS) is 1. The topological polar surface area (TPSA) is 46.5 Å². The lowest BCUT2D eigenvalue weighted by Crippen LogP contribution is -2.38. The molecule has 0 spiro atoms. The fourth-order valence-corrected chi connectivity index (χ4v) is 3.87. The van der Waals surface area contributed by atoms with Crippen molar-refractivity contribution in [2.45, 2.75) is 77.7 Å². The van der Waals surface area contributed by atoms with Gasteiger partial charge in [-0.15, -0.1) is 0 Å². The Morgan fingerprint density at radius 3 is 2.61 bits per heavy atom. The first-order chi connectivity index (χ1) is 11.1. The summed E-state index contributed by atoms with van der Waals surface area (Å²) in [7, 11) is 0. The molecule has 128 valence electrons. The summed E-state index contributed by atoms with van der Waals surface area (Å²) in [6, 6.07) is 5.24. The molecule has 1 atom stereocenters. The zero-order valence-electron chi connectivity index (χ0n) is 14.7. The number of aromatic carboxylic acids is 1. The summed E-state index contributed by atoms with van der Waals surface area (Å²) >= 11 is 0. The Hall–Kier alpha value is -1.51. The summed E-state index contributed by atoms with van der Waals surface area (Å²) in [6.45, 7) is 6.22. The molecule has 1 fully saturated rings. The second-order valence-corrected chi connectivity index (χ2v) is 6.89. The number of fused-ring (bicyclic) bond motifs is 1. The van der Waals surface area contributed by atoms with Crippen LogP contribution in [0.1, 0.15) is 81.6 Å². The second kappa shape index (κ2) is 7.85. The molecule has 0 amide bonds. The van der Waals surface area contributed by atoms with Crippen molar-refractivity contribution in [3.63, 3.8) is 0 Å². The molecule has 23 heavy (non-hydrogen) atoms. The van der Waals surface area contributed by atoms with Crippen LogP contribution in [-0.2, 0) is 6.42 Å². The predicted molar refractivity (Wildman–Crippen MR) is 93.3 cm³/mol. The molecule has 2 aliphatic rings. The lowest BCUT2D eigenvalue weighted by Gasteiger charge is -2.39. The van der Waals surface area contributed by atoms with E-state index in [4.69, 9.17) is 9.84 Å². The van der Waals surface area contributed by atoms with Crippen molar-refractivity contribution in [3.8, 4) is 5.75 Å². The van der Waals surface area contributed by atoms with E-state index in [2.05, 4.69) is 6.92 Å². The Morgan fingerprint density at radius 2 is 1.96 bits per heavy atom. The summed E-state index contributed by atoms with van der Waals surface area (Å²) < 4.78 is 6.26. The van der Waals surface area contributed by atoms with E-state index in [0.29, 0.717) is 5.56 Å². The van der Waals surface area contributed by atoms with E-state index in [-0.39, 0.29) is 5.60 Å². The molecule has 1 aliphatic carbocycles. The van der Waals surface area contributed by atoms with Crippen molar-refractivity contribution < 1.29 is 14.6 Å². The molecule has 1 saturated carbocycles. The minimum Gasteiger partial charge on any atom is -0.487 e. The quantitative estimate of drug-likeness (QED) is 0.804. The van der Waals surface area contributed by atoms with Crippen molar-refractivity contribution in [3.05, 3.63) is 29.3 Å². The van der Waals surface area contributed by atoms with Crippen LogP contribution in [-0.4, -0.2) is 16.7 Å². The predicted octanol–water partition coefficient (Wildman–Crippen LogP) is 5.47. The van der Waals surface area contributed by atoms with Gasteiger partial charge in [0.2, 0.25) is 0 Å². The molecule has 3 nitrogen and oxygen atoms in total. The fraction of sp³-hybridized carbons (Fsp3) is 0.650. The van der Waals surface area contributed by atoms with Gasteiger partial charge in [-0.2, -0.15) is 0 Å². The van der Waals surface area contributed by atoms with Crippen LogP contribution >= 0.6 is 0 Å². The summed E-state index contributed by atoms with van der Waals surface area (Å²) in [5, 5.41) is 9.06. The molecule has 0 bridgehead atoms. The fourth-order valence-electron chi connectivity index (χ4n) is 3.87. The third-order valence-electron chi connectivity index (χ3n) is 5.03.